The predicted molar refractivity (Wildman–Crippen MR) is 108 cm³/mol. The molecule has 0 spiro atoms. The van der Waals surface area contributed by atoms with Gasteiger partial charge in [0.1, 0.15) is 5.75 Å². The summed E-state index contributed by atoms with van der Waals surface area (Å²) in [5.74, 6) is 0.684. The highest BCUT2D eigenvalue weighted by Crippen LogP contribution is 2.19. The molecule has 1 fully saturated rings. The van der Waals surface area contributed by atoms with Gasteiger partial charge in [0.25, 0.3) is 0 Å². The van der Waals surface area contributed by atoms with Gasteiger partial charge in [0.15, 0.2) is 9.84 Å². The van der Waals surface area contributed by atoms with Gasteiger partial charge in [-0.05, 0) is 35.9 Å². The van der Waals surface area contributed by atoms with Crippen LogP contribution in [0, 0.1) is 0 Å². The lowest BCUT2D eigenvalue weighted by Crippen LogP contribution is -2.47. The Kier molecular flexibility index (Phi) is 6.76. The second-order valence-electron chi connectivity index (χ2n) is 6.74. The molecular weight excluding hydrogens is 384 g/mol. The van der Waals surface area contributed by atoms with E-state index < -0.39 is 9.84 Å². The number of hydrogen-bond donors (Lipinski definition) is 0. The summed E-state index contributed by atoms with van der Waals surface area (Å²) in [6, 6.07) is 14.6. The molecule has 0 saturated carbocycles. The summed E-state index contributed by atoms with van der Waals surface area (Å²) in [6.45, 7) is 5.06. The Morgan fingerprint density at radius 1 is 1.00 bits per heavy atom. The number of ether oxygens (including phenoxy) is 1. The number of sulfone groups is 1. The molecular formula is C20H25ClN2O3S. The van der Waals surface area contributed by atoms with Crippen molar-refractivity contribution < 1.29 is 13.2 Å². The molecule has 0 atom stereocenters. The first-order valence-electron chi connectivity index (χ1n) is 9.02. The van der Waals surface area contributed by atoms with E-state index in [1.54, 1.807) is 24.3 Å². The molecule has 1 aliphatic heterocycles. The van der Waals surface area contributed by atoms with Gasteiger partial charge in [-0.15, -0.1) is 0 Å². The molecule has 1 saturated heterocycles. The van der Waals surface area contributed by atoms with Crippen LogP contribution in [0.1, 0.15) is 5.56 Å². The van der Waals surface area contributed by atoms with E-state index in [2.05, 4.69) is 21.9 Å². The second-order valence-corrected chi connectivity index (χ2v) is 9.29. The zero-order valence-corrected chi connectivity index (χ0v) is 17.0. The zero-order chi connectivity index (χ0) is 19.3. The maximum absolute atomic E-state index is 12.6. The highest BCUT2D eigenvalue weighted by Gasteiger charge is 2.21. The monoisotopic (exact) mass is 408 g/mol. The van der Waals surface area contributed by atoms with Crippen LogP contribution in [0.2, 0.25) is 5.02 Å². The first kappa shape index (κ1) is 20.1. The molecule has 1 aliphatic rings. The second kappa shape index (κ2) is 9.06. The van der Waals surface area contributed by atoms with Crippen LogP contribution in [0.4, 0.5) is 0 Å². The lowest BCUT2D eigenvalue weighted by molar-refractivity contribution is 0.132. The first-order valence-corrected chi connectivity index (χ1v) is 11.1. The summed E-state index contributed by atoms with van der Waals surface area (Å²) in [5.41, 5.74) is 1.24. The number of nitrogens with zero attached hydrogens (tertiary/aromatic N) is 2. The van der Waals surface area contributed by atoms with E-state index >= 15 is 0 Å². The molecule has 0 bridgehead atoms. The molecule has 0 radical (unpaired) electrons. The number of methoxy groups -OCH3 is 1. The van der Waals surface area contributed by atoms with Gasteiger partial charge in [0, 0.05) is 44.3 Å². The fraction of sp³-hybridized carbons (Fsp3) is 0.400. The van der Waals surface area contributed by atoms with Crippen molar-refractivity contribution in [3.63, 3.8) is 0 Å². The van der Waals surface area contributed by atoms with Crippen molar-refractivity contribution in [2.75, 3.05) is 45.6 Å². The molecule has 0 N–H and O–H groups in total. The fourth-order valence-electron chi connectivity index (χ4n) is 3.18. The predicted octanol–water partition coefficient (Wildman–Crippen LogP) is 2.94. The Morgan fingerprint density at radius 3 is 2.33 bits per heavy atom. The highest BCUT2D eigenvalue weighted by molar-refractivity contribution is 7.91. The molecule has 146 valence electrons. The Hall–Kier alpha value is -1.60. The van der Waals surface area contributed by atoms with Crippen LogP contribution in [0.15, 0.2) is 53.4 Å². The van der Waals surface area contributed by atoms with Crippen molar-refractivity contribution >= 4 is 21.4 Å². The van der Waals surface area contributed by atoms with Crippen LogP contribution >= 0.6 is 11.6 Å². The van der Waals surface area contributed by atoms with E-state index in [0.29, 0.717) is 17.2 Å². The van der Waals surface area contributed by atoms with Crippen molar-refractivity contribution in [2.24, 2.45) is 0 Å². The van der Waals surface area contributed by atoms with E-state index in [0.717, 1.165) is 37.7 Å². The average molecular weight is 409 g/mol. The third-order valence-corrected chi connectivity index (χ3v) is 6.81. The van der Waals surface area contributed by atoms with Gasteiger partial charge in [0.05, 0.1) is 17.8 Å². The quantitative estimate of drug-likeness (QED) is 0.705. The van der Waals surface area contributed by atoms with E-state index in [4.69, 9.17) is 16.3 Å². The number of hydrogen-bond acceptors (Lipinski definition) is 5. The van der Waals surface area contributed by atoms with Crippen LogP contribution in [0.5, 0.6) is 5.75 Å². The van der Waals surface area contributed by atoms with Gasteiger partial charge in [-0.2, -0.15) is 0 Å². The number of piperazine rings is 1. The van der Waals surface area contributed by atoms with E-state index in [-0.39, 0.29) is 5.75 Å². The standard InChI is InChI=1S/C20H25ClN2O3S/c1-26-19-3-2-4-20(15-19)27(24,25)14-13-22-9-11-23(12-10-22)16-17-5-7-18(21)8-6-17/h2-8,15H,9-14,16H2,1H3. The minimum atomic E-state index is -3.31. The van der Waals surface area contributed by atoms with E-state index in [1.165, 1.54) is 12.7 Å². The van der Waals surface area contributed by atoms with Gasteiger partial charge in [0.2, 0.25) is 0 Å². The van der Waals surface area contributed by atoms with Gasteiger partial charge in [-0.25, -0.2) is 8.42 Å². The minimum Gasteiger partial charge on any atom is -0.497 e. The molecule has 0 unspecified atom stereocenters. The highest BCUT2D eigenvalue weighted by atomic mass is 35.5. The Balaban J connectivity index is 1.48. The van der Waals surface area contributed by atoms with Gasteiger partial charge < -0.3 is 4.74 Å². The third-order valence-electron chi connectivity index (χ3n) is 4.86. The number of rotatable bonds is 7. The van der Waals surface area contributed by atoms with Gasteiger partial charge in [-0.1, -0.05) is 29.8 Å². The maximum atomic E-state index is 12.6. The smallest absolute Gasteiger partial charge is 0.179 e. The Labute approximate surface area is 166 Å². The molecule has 2 aromatic rings. The van der Waals surface area contributed by atoms with Crippen molar-refractivity contribution in [2.45, 2.75) is 11.4 Å². The molecule has 2 aromatic carbocycles. The fourth-order valence-corrected chi connectivity index (χ4v) is 4.62. The topological polar surface area (TPSA) is 49.9 Å². The van der Waals surface area contributed by atoms with Crippen LogP contribution in [-0.4, -0.2) is 63.8 Å². The van der Waals surface area contributed by atoms with Crippen LogP contribution in [0.3, 0.4) is 0 Å². The molecule has 0 aromatic heterocycles. The average Bonchev–Trinajstić information content (AvgIpc) is 2.69. The summed E-state index contributed by atoms with van der Waals surface area (Å²) in [5, 5.41) is 0.751. The van der Waals surface area contributed by atoms with Gasteiger partial charge >= 0.3 is 0 Å². The van der Waals surface area contributed by atoms with E-state index in [9.17, 15) is 8.42 Å². The number of benzene rings is 2. The van der Waals surface area contributed by atoms with E-state index in [1.807, 2.05) is 12.1 Å². The molecule has 0 amide bonds. The lowest BCUT2D eigenvalue weighted by Gasteiger charge is -2.34. The Morgan fingerprint density at radius 2 is 1.67 bits per heavy atom. The van der Waals surface area contributed by atoms with Crippen molar-refractivity contribution in [3.8, 4) is 5.75 Å². The SMILES string of the molecule is COc1cccc(S(=O)(=O)CCN2CCN(Cc3ccc(Cl)cc3)CC2)c1. The van der Waals surface area contributed by atoms with Crippen LogP contribution in [0.25, 0.3) is 0 Å². The molecule has 1 heterocycles. The summed E-state index contributed by atoms with van der Waals surface area (Å²) in [7, 11) is -1.77. The van der Waals surface area contributed by atoms with Gasteiger partial charge in [-0.3, -0.25) is 9.80 Å². The van der Waals surface area contributed by atoms with Crippen molar-refractivity contribution in [1.82, 2.24) is 9.80 Å². The molecule has 5 nitrogen and oxygen atoms in total. The maximum Gasteiger partial charge on any atom is 0.179 e. The molecule has 0 aliphatic carbocycles. The summed E-state index contributed by atoms with van der Waals surface area (Å²) >= 11 is 5.93. The normalized spacial score (nSPS) is 16.4. The summed E-state index contributed by atoms with van der Waals surface area (Å²) < 4.78 is 30.3. The summed E-state index contributed by atoms with van der Waals surface area (Å²) in [6.07, 6.45) is 0. The lowest BCUT2D eigenvalue weighted by atomic mass is 10.2. The van der Waals surface area contributed by atoms with Crippen molar-refractivity contribution in [3.05, 3.63) is 59.1 Å². The molecule has 27 heavy (non-hydrogen) atoms. The zero-order valence-electron chi connectivity index (χ0n) is 15.5. The number of halogens is 1. The first-order chi connectivity index (χ1) is 13.0. The van der Waals surface area contributed by atoms with Crippen molar-refractivity contribution in [1.29, 1.82) is 0 Å². The van der Waals surface area contributed by atoms with Crippen LogP contribution < -0.4 is 4.74 Å². The largest absolute Gasteiger partial charge is 0.497 e. The molecule has 3 rings (SSSR count). The Bertz CT molecular complexity index is 848. The molecule has 7 heteroatoms. The minimum absolute atomic E-state index is 0.122. The third kappa shape index (κ3) is 5.69. The van der Waals surface area contributed by atoms with Crippen LogP contribution in [-0.2, 0) is 16.4 Å². The summed E-state index contributed by atoms with van der Waals surface area (Å²) in [4.78, 5) is 4.93.